The van der Waals surface area contributed by atoms with E-state index in [1.165, 1.54) is 38.5 Å². The average Bonchev–Trinajstić information content (AvgIpc) is 2.77. The van der Waals surface area contributed by atoms with Crippen molar-refractivity contribution in [2.45, 2.75) is 64.5 Å². The van der Waals surface area contributed by atoms with Gasteiger partial charge < -0.3 is 16.0 Å². The molecule has 1 aliphatic carbocycles. The van der Waals surface area contributed by atoms with Crippen LogP contribution in [-0.4, -0.2) is 67.6 Å². The molecule has 3 N–H and O–H groups in total. The summed E-state index contributed by atoms with van der Waals surface area (Å²) >= 11 is 0. The Bertz CT molecular complexity index is 358. The maximum atomic E-state index is 6.17. The molecule has 1 saturated heterocycles. The summed E-state index contributed by atoms with van der Waals surface area (Å²) < 4.78 is 0. The van der Waals surface area contributed by atoms with Crippen molar-refractivity contribution < 1.29 is 0 Å². The van der Waals surface area contributed by atoms with E-state index in [1.807, 2.05) is 0 Å². The molecule has 0 aromatic carbocycles. The van der Waals surface area contributed by atoms with Crippen LogP contribution in [0.4, 0.5) is 0 Å². The number of piperazine rings is 1. The van der Waals surface area contributed by atoms with E-state index in [2.05, 4.69) is 36.0 Å². The van der Waals surface area contributed by atoms with Crippen molar-refractivity contribution in [3.05, 3.63) is 0 Å². The molecule has 1 saturated carbocycles. The quantitative estimate of drug-likeness (QED) is 0.292. The van der Waals surface area contributed by atoms with Gasteiger partial charge in [0, 0.05) is 38.3 Å². The Morgan fingerprint density at radius 1 is 1.08 bits per heavy atom. The molecule has 0 aromatic heterocycles. The minimum atomic E-state index is 0. The van der Waals surface area contributed by atoms with Crippen molar-refractivity contribution in [2.24, 2.45) is 16.6 Å². The Labute approximate surface area is 165 Å². The molecule has 6 heteroatoms. The number of guanidine groups is 1. The molecule has 2 fully saturated rings. The van der Waals surface area contributed by atoms with Crippen LogP contribution in [0.5, 0.6) is 0 Å². The lowest BCUT2D eigenvalue weighted by molar-refractivity contribution is 0.0925. The third-order valence-corrected chi connectivity index (χ3v) is 5.43. The van der Waals surface area contributed by atoms with Gasteiger partial charge in [0.25, 0.3) is 0 Å². The molecule has 1 aliphatic heterocycles. The van der Waals surface area contributed by atoms with E-state index in [1.54, 1.807) is 0 Å². The number of aliphatic imine (C=N–C) groups is 1. The zero-order valence-electron chi connectivity index (χ0n) is 15.8. The summed E-state index contributed by atoms with van der Waals surface area (Å²) in [4.78, 5) is 9.69. The van der Waals surface area contributed by atoms with Gasteiger partial charge in [-0.3, -0.25) is 9.89 Å². The van der Waals surface area contributed by atoms with Crippen LogP contribution in [0.25, 0.3) is 0 Å². The van der Waals surface area contributed by atoms with Crippen molar-refractivity contribution >= 4 is 29.9 Å². The summed E-state index contributed by atoms with van der Waals surface area (Å²) in [6.45, 7) is 10.0. The molecule has 0 spiro atoms. The standard InChI is InChI=1S/C18H37N5.HI/c1-15(2)17(23-12-10-22(3)11-13-23)14-20-18(19)21-16-8-6-4-5-7-9-16;/h15-17H,4-14H2,1-3H3,(H3,19,20,21);1H. The second-order valence-electron chi connectivity index (χ2n) is 7.71. The Morgan fingerprint density at radius 2 is 1.67 bits per heavy atom. The summed E-state index contributed by atoms with van der Waals surface area (Å²) in [7, 11) is 2.20. The van der Waals surface area contributed by atoms with E-state index in [-0.39, 0.29) is 24.0 Å². The van der Waals surface area contributed by atoms with Crippen LogP contribution in [0.15, 0.2) is 4.99 Å². The Kier molecular flexibility index (Phi) is 10.5. The largest absolute Gasteiger partial charge is 0.370 e. The van der Waals surface area contributed by atoms with E-state index in [0.717, 1.165) is 32.7 Å². The highest BCUT2D eigenvalue weighted by Crippen LogP contribution is 2.17. The monoisotopic (exact) mass is 451 g/mol. The van der Waals surface area contributed by atoms with Crippen molar-refractivity contribution in [1.29, 1.82) is 0 Å². The smallest absolute Gasteiger partial charge is 0.188 e. The van der Waals surface area contributed by atoms with Gasteiger partial charge in [-0.15, -0.1) is 24.0 Å². The van der Waals surface area contributed by atoms with Crippen LogP contribution in [0.2, 0.25) is 0 Å². The highest BCUT2D eigenvalue weighted by Gasteiger charge is 2.24. The molecule has 0 bridgehead atoms. The fourth-order valence-electron chi connectivity index (χ4n) is 3.77. The second kappa shape index (κ2) is 11.5. The highest BCUT2D eigenvalue weighted by molar-refractivity contribution is 14.0. The van der Waals surface area contributed by atoms with Gasteiger partial charge in [0.05, 0.1) is 6.54 Å². The molecular formula is C18H38IN5. The number of likely N-dealkylation sites (N-methyl/N-ethyl adjacent to an activating group) is 1. The molecule has 1 unspecified atom stereocenters. The van der Waals surface area contributed by atoms with E-state index < -0.39 is 0 Å². The molecule has 0 aromatic rings. The Hall–Kier alpha value is -0.0800. The van der Waals surface area contributed by atoms with Gasteiger partial charge in [0.2, 0.25) is 0 Å². The van der Waals surface area contributed by atoms with Gasteiger partial charge in [0.1, 0.15) is 0 Å². The number of halogens is 1. The third-order valence-electron chi connectivity index (χ3n) is 5.43. The lowest BCUT2D eigenvalue weighted by Crippen LogP contribution is -2.52. The summed E-state index contributed by atoms with van der Waals surface area (Å²) in [5.74, 6) is 1.25. The lowest BCUT2D eigenvalue weighted by atomic mass is 10.0. The molecule has 1 heterocycles. The van der Waals surface area contributed by atoms with Crippen LogP contribution < -0.4 is 11.1 Å². The molecule has 0 amide bonds. The van der Waals surface area contributed by atoms with Gasteiger partial charge in [-0.2, -0.15) is 0 Å². The maximum absolute atomic E-state index is 6.17. The first-order chi connectivity index (χ1) is 11.1. The topological polar surface area (TPSA) is 56.9 Å². The minimum Gasteiger partial charge on any atom is -0.370 e. The van der Waals surface area contributed by atoms with Gasteiger partial charge in [-0.05, 0) is 25.8 Å². The first-order valence-electron chi connectivity index (χ1n) is 9.55. The van der Waals surface area contributed by atoms with E-state index in [9.17, 15) is 0 Å². The number of nitrogens with zero attached hydrogens (tertiary/aromatic N) is 3. The summed E-state index contributed by atoms with van der Waals surface area (Å²) in [6, 6.07) is 1.03. The molecule has 1 atom stereocenters. The fraction of sp³-hybridized carbons (Fsp3) is 0.944. The van der Waals surface area contributed by atoms with Crippen LogP contribution >= 0.6 is 24.0 Å². The van der Waals surface area contributed by atoms with Crippen molar-refractivity contribution in [1.82, 2.24) is 15.1 Å². The molecule has 2 rings (SSSR count). The fourth-order valence-corrected chi connectivity index (χ4v) is 3.77. The minimum absolute atomic E-state index is 0. The van der Waals surface area contributed by atoms with E-state index in [0.29, 0.717) is 24.0 Å². The number of nitrogens with two attached hydrogens (primary N) is 1. The third kappa shape index (κ3) is 7.44. The van der Waals surface area contributed by atoms with Gasteiger partial charge in [-0.25, -0.2) is 0 Å². The average molecular weight is 451 g/mol. The van der Waals surface area contributed by atoms with Crippen LogP contribution in [-0.2, 0) is 0 Å². The number of rotatable bonds is 5. The number of nitrogens with one attached hydrogen (secondary N) is 1. The van der Waals surface area contributed by atoms with Crippen LogP contribution in [0.3, 0.4) is 0 Å². The highest BCUT2D eigenvalue weighted by atomic mass is 127. The maximum Gasteiger partial charge on any atom is 0.188 e. The first-order valence-corrected chi connectivity index (χ1v) is 9.55. The summed E-state index contributed by atoms with van der Waals surface area (Å²) in [6.07, 6.45) is 7.86. The zero-order chi connectivity index (χ0) is 16.7. The number of hydrogen-bond donors (Lipinski definition) is 2. The number of hydrogen-bond acceptors (Lipinski definition) is 3. The molecule has 0 radical (unpaired) electrons. The predicted octanol–water partition coefficient (Wildman–Crippen LogP) is 2.50. The van der Waals surface area contributed by atoms with Crippen LogP contribution in [0, 0.1) is 5.92 Å². The summed E-state index contributed by atoms with van der Waals surface area (Å²) in [5, 5.41) is 3.46. The SMILES string of the molecule is CC(C)C(CN=C(N)NC1CCCCCC1)N1CCN(C)CC1.I. The second-order valence-corrected chi connectivity index (χ2v) is 7.71. The zero-order valence-corrected chi connectivity index (χ0v) is 18.2. The molecule has 5 nitrogen and oxygen atoms in total. The molecule has 24 heavy (non-hydrogen) atoms. The molecule has 2 aliphatic rings. The Morgan fingerprint density at radius 3 is 2.21 bits per heavy atom. The summed E-state index contributed by atoms with van der Waals surface area (Å²) in [5.41, 5.74) is 6.17. The van der Waals surface area contributed by atoms with Crippen molar-refractivity contribution in [3.8, 4) is 0 Å². The molecular weight excluding hydrogens is 413 g/mol. The van der Waals surface area contributed by atoms with Gasteiger partial charge >= 0.3 is 0 Å². The Balaban J connectivity index is 0.00000288. The predicted molar refractivity (Wildman–Crippen MR) is 114 cm³/mol. The van der Waals surface area contributed by atoms with Gasteiger partial charge in [-0.1, -0.05) is 39.5 Å². The van der Waals surface area contributed by atoms with Crippen LogP contribution in [0.1, 0.15) is 52.4 Å². The first kappa shape index (κ1) is 22.0. The van der Waals surface area contributed by atoms with Gasteiger partial charge in [0.15, 0.2) is 5.96 Å². The van der Waals surface area contributed by atoms with E-state index >= 15 is 0 Å². The van der Waals surface area contributed by atoms with Crippen molar-refractivity contribution in [2.75, 3.05) is 39.8 Å². The lowest BCUT2D eigenvalue weighted by Gasteiger charge is -2.39. The normalized spacial score (nSPS) is 23.6. The molecule has 142 valence electrons. The van der Waals surface area contributed by atoms with Crippen molar-refractivity contribution in [3.63, 3.8) is 0 Å². The van der Waals surface area contributed by atoms with E-state index in [4.69, 9.17) is 10.7 Å².